The number of aldehydes is 1. The Morgan fingerprint density at radius 1 is 0.769 bits per heavy atom. The van der Waals surface area contributed by atoms with Gasteiger partial charge in [-0.05, 0) is 54.7 Å². The Morgan fingerprint density at radius 3 is 1.77 bits per heavy atom. The molecule has 0 bridgehead atoms. The molecule has 0 heterocycles. The van der Waals surface area contributed by atoms with E-state index in [1.807, 2.05) is 36.4 Å². The average molecular weight is 358 g/mol. The normalized spacial score (nSPS) is 11.5. The number of hydrogen-bond donors (Lipinski definition) is 0. The largest absolute Gasteiger partial charge is 0.493 e. The molecule has 5 nitrogen and oxygen atoms in total. The zero-order valence-corrected chi connectivity index (χ0v) is 15.8. The van der Waals surface area contributed by atoms with Crippen molar-refractivity contribution in [1.82, 2.24) is 0 Å². The van der Waals surface area contributed by atoms with Crippen molar-refractivity contribution in [3.05, 3.63) is 47.5 Å². The molecule has 2 aromatic rings. The number of benzene rings is 2. The zero-order chi connectivity index (χ0) is 18.9. The summed E-state index contributed by atoms with van der Waals surface area (Å²) >= 11 is 0. The van der Waals surface area contributed by atoms with E-state index in [0.717, 1.165) is 30.3 Å². The van der Waals surface area contributed by atoms with Gasteiger partial charge in [-0.25, -0.2) is 0 Å². The van der Waals surface area contributed by atoms with E-state index in [1.54, 1.807) is 28.4 Å². The molecule has 1 atom stereocenters. The van der Waals surface area contributed by atoms with Gasteiger partial charge >= 0.3 is 0 Å². The van der Waals surface area contributed by atoms with Crippen LogP contribution in [0.5, 0.6) is 23.0 Å². The first-order valence-electron chi connectivity index (χ1n) is 8.52. The Kier molecular flexibility index (Phi) is 7.33. The molecule has 0 aliphatic heterocycles. The first-order chi connectivity index (χ1) is 12.6. The fraction of sp³-hybridized carbons (Fsp3) is 0.381. The Labute approximate surface area is 154 Å². The van der Waals surface area contributed by atoms with Crippen molar-refractivity contribution < 1.29 is 23.7 Å². The van der Waals surface area contributed by atoms with Crippen LogP contribution in [-0.2, 0) is 17.6 Å². The van der Waals surface area contributed by atoms with Crippen LogP contribution >= 0.6 is 0 Å². The number of carbonyl (C=O) groups is 1. The molecule has 0 saturated heterocycles. The molecular weight excluding hydrogens is 332 g/mol. The third kappa shape index (κ3) is 4.91. The van der Waals surface area contributed by atoms with Crippen LogP contribution in [-0.4, -0.2) is 34.7 Å². The Hall–Kier alpha value is -2.69. The van der Waals surface area contributed by atoms with Crippen LogP contribution < -0.4 is 18.9 Å². The molecule has 140 valence electrons. The van der Waals surface area contributed by atoms with E-state index >= 15 is 0 Å². The molecule has 5 heteroatoms. The van der Waals surface area contributed by atoms with E-state index in [1.165, 1.54) is 0 Å². The third-order valence-corrected chi connectivity index (χ3v) is 4.39. The zero-order valence-electron chi connectivity index (χ0n) is 15.8. The molecule has 0 spiro atoms. The van der Waals surface area contributed by atoms with Crippen LogP contribution in [0.1, 0.15) is 17.5 Å². The highest BCUT2D eigenvalue weighted by atomic mass is 16.5. The molecule has 0 radical (unpaired) electrons. The Morgan fingerprint density at radius 2 is 1.27 bits per heavy atom. The van der Waals surface area contributed by atoms with Gasteiger partial charge in [-0.3, -0.25) is 0 Å². The third-order valence-electron chi connectivity index (χ3n) is 4.39. The second-order valence-electron chi connectivity index (χ2n) is 6.02. The van der Waals surface area contributed by atoms with E-state index in [-0.39, 0.29) is 5.92 Å². The fourth-order valence-corrected chi connectivity index (χ4v) is 2.92. The molecule has 0 amide bonds. The molecule has 26 heavy (non-hydrogen) atoms. The molecule has 0 aliphatic rings. The highest BCUT2D eigenvalue weighted by molar-refractivity contribution is 5.55. The summed E-state index contributed by atoms with van der Waals surface area (Å²) in [7, 11) is 6.45. The fourth-order valence-electron chi connectivity index (χ4n) is 2.92. The summed E-state index contributed by atoms with van der Waals surface area (Å²) in [5.41, 5.74) is 2.16. The summed E-state index contributed by atoms with van der Waals surface area (Å²) < 4.78 is 21.2. The van der Waals surface area contributed by atoms with E-state index in [0.29, 0.717) is 29.4 Å². The maximum absolute atomic E-state index is 11.5. The number of aryl methyl sites for hydroxylation is 1. The predicted molar refractivity (Wildman–Crippen MR) is 101 cm³/mol. The summed E-state index contributed by atoms with van der Waals surface area (Å²) in [6.45, 7) is 0. The summed E-state index contributed by atoms with van der Waals surface area (Å²) in [5, 5.41) is 0. The second-order valence-corrected chi connectivity index (χ2v) is 6.02. The van der Waals surface area contributed by atoms with Crippen LogP contribution in [0.3, 0.4) is 0 Å². The lowest BCUT2D eigenvalue weighted by Crippen LogP contribution is -2.08. The van der Waals surface area contributed by atoms with Crippen LogP contribution in [0.4, 0.5) is 0 Å². The maximum atomic E-state index is 11.5. The van der Waals surface area contributed by atoms with Gasteiger partial charge < -0.3 is 23.7 Å². The minimum absolute atomic E-state index is 0.0683. The Balaban J connectivity index is 2.03. The van der Waals surface area contributed by atoms with Gasteiger partial charge in [-0.15, -0.1) is 0 Å². The first-order valence-corrected chi connectivity index (χ1v) is 8.52. The summed E-state index contributed by atoms with van der Waals surface area (Å²) in [6, 6.07) is 11.6. The van der Waals surface area contributed by atoms with Gasteiger partial charge in [0.05, 0.1) is 28.4 Å². The van der Waals surface area contributed by atoms with Crippen LogP contribution in [0.15, 0.2) is 36.4 Å². The highest BCUT2D eigenvalue weighted by Crippen LogP contribution is 2.30. The molecule has 0 unspecified atom stereocenters. The van der Waals surface area contributed by atoms with Crippen molar-refractivity contribution in [2.75, 3.05) is 28.4 Å². The van der Waals surface area contributed by atoms with Gasteiger partial charge in [0.25, 0.3) is 0 Å². The van der Waals surface area contributed by atoms with Gasteiger partial charge in [0.2, 0.25) is 0 Å². The van der Waals surface area contributed by atoms with Crippen molar-refractivity contribution >= 4 is 6.29 Å². The standard InChI is InChI=1S/C21H26O5/c1-23-18-9-7-15(12-20(18)25-3)5-6-17(14-22)11-16-8-10-19(24-2)21(13-16)26-4/h7-10,12-14,17H,5-6,11H2,1-4H3/t17-/m1/s1. The molecule has 0 aliphatic carbocycles. The SMILES string of the molecule is COc1ccc(CC[C@@H](C=O)Cc2ccc(OC)c(OC)c2)cc1OC. The maximum Gasteiger partial charge on any atom is 0.160 e. The van der Waals surface area contributed by atoms with Crippen LogP contribution in [0, 0.1) is 5.92 Å². The van der Waals surface area contributed by atoms with Crippen molar-refractivity contribution in [2.24, 2.45) is 5.92 Å². The number of hydrogen-bond acceptors (Lipinski definition) is 5. The van der Waals surface area contributed by atoms with Crippen molar-refractivity contribution in [2.45, 2.75) is 19.3 Å². The molecule has 0 saturated carbocycles. The quantitative estimate of drug-likeness (QED) is 0.606. The van der Waals surface area contributed by atoms with Gasteiger partial charge in [-0.1, -0.05) is 12.1 Å². The van der Waals surface area contributed by atoms with Gasteiger partial charge in [0.15, 0.2) is 23.0 Å². The number of methoxy groups -OCH3 is 4. The van der Waals surface area contributed by atoms with Crippen LogP contribution in [0.2, 0.25) is 0 Å². The van der Waals surface area contributed by atoms with Crippen molar-refractivity contribution in [1.29, 1.82) is 0 Å². The number of carbonyl (C=O) groups excluding carboxylic acids is 1. The van der Waals surface area contributed by atoms with Crippen molar-refractivity contribution in [3.63, 3.8) is 0 Å². The highest BCUT2D eigenvalue weighted by Gasteiger charge is 2.13. The molecule has 0 aromatic heterocycles. The van der Waals surface area contributed by atoms with E-state index in [4.69, 9.17) is 18.9 Å². The topological polar surface area (TPSA) is 54.0 Å². The molecule has 0 fully saturated rings. The van der Waals surface area contributed by atoms with Gasteiger partial charge in [-0.2, -0.15) is 0 Å². The van der Waals surface area contributed by atoms with Gasteiger partial charge in [0.1, 0.15) is 6.29 Å². The summed E-state index contributed by atoms with van der Waals surface area (Å²) in [6.07, 6.45) is 3.24. The monoisotopic (exact) mass is 358 g/mol. The smallest absolute Gasteiger partial charge is 0.160 e. The van der Waals surface area contributed by atoms with Gasteiger partial charge in [0, 0.05) is 5.92 Å². The Bertz CT molecular complexity index is 726. The molecule has 2 rings (SSSR count). The number of ether oxygens (including phenoxy) is 4. The number of rotatable bonds is 10. The summed E-state index contributed by atoms with van der Waals surface area (Å²) in [4.78, 5) is 11.5. The van der Waals surface area contributed by atoms with Crippen LogP contribution in [0.25, 0.3) is 0 Å². The minimum Gasteiger partial charge on any atom is -0.493 e. The molecule has 2 aromatic carbocycles. The second kappa shape index (κ2) is 9.70. The molecular formula is C21H26O5. The van der Waals surface area contributed by atoms with E-state index in [9.17, 15) is 4.79 Å². The first kappa shape index (κ1) is 19.6. The van der Waals surface area contributed by atoms with E-state index < -0.39 is 0 Å². The lowest BCUT2D eigenvalue weighted by atomic mass is 9.94. The minimum atomic E-state index is -0.0683. The molecule has 0 N–H and O–H groups in total. The lowest BCUT2D eigenvalue weighted by molar-refractivity contribution is -0.111. The lowest BCUT2D eigenvalue weighted by Gasteiger charge is -2.14. The summed E-state index contributed by atoms with van der Waals surface area (Å²) in [5.74, 6) is 2.70. The average Bonchev–Trinajstić information content (AvgIpc) is 2.70. The van der Waals surface area contributed by atoms with E-state index in [2.05, 4.69) is 0 Å². The van der Waals surface area contributed by atoms with Crippen molar-refractivity contribution in [3.8, 4) is 23.0 Å². The predicted octanol–water partition coefficient (Wildman–Crippen LogP) is 3.71.